The number of hydrogen-bond acceptors (Lipinski definition) is 2. The van der Waals surface area contributed by atoms with E-state index in [1.165, 1.54) is 0 Å². The number of rotatable bonds is 3. The average molecular weight is 339 g/mol. The Morgan fingerprint density at radius 3 is 2.75 bits per heavy atom. The molecule has 0 aromatic heterocycles. The molecule has 1 fully saturated rings. The van der Waals surface area contributed by atoms with Crippen LogP contribution in [0.2, 0.25) is 0 Å². The van der Waals surface area contributed by atoms with Crippen LogP contribution in [0.5, 0.6) is 0 Å². The van der Waals surface area contributed by atoms with E-state index in [-0.39, 0.29) is 5.91 Å². The van der Waals surface area contributed by atoms with Crippen molar-refractivity contribution in [3.05, 3.63) is 33.8 Å². The fourth-order valence-corrected chi connectivity index (χ4v) is 3.25. The van der Waals surface area contributed by atoms with Gasteiger partial charge in [0.25, 0.3) is 5.91 Å². The van der Waals surface area contributed by atoms with E-state index in [1.807, 2.05) is 25.1 Å². The van der Waals surface area contributed by atoms with E-state index in [0.29, 0.717) is 12.1 Å². The lowest BCUT2D eigenvalue weighted by Gasteiger charge is -2.40. The second-order valence-electron chi connectivity index (χ2n) is 5.49. The quantitative estimate of drug-likeness (QED) is 0.916. The van der Waals surface area contributed by atoms with Crippen LogP contribution in [0, 0.1) is 6.92 Å². The fraction of sp³-hybridized carbons (Fsp3) is 0.562. The Morgan fingerprint density at radius 2 is 2.15 bits per heavy atom. The highest BCUT2D eigenvalue weighted by Gasteiger charge is 2.30. The molecule has 0 aliphatic carbocycles. The summed E-state index contributed by atoms with van der Waals surface area (Å²) in [6, 6.07) is 6.59. The van der Waals surface area contributed by atoms with Gasteiger partial charge in [-0.15, -0.1) is 0 Å². The zero-order valence-corrected chi connectivity index (χ0v) is 14.0. The fourth-order valence-electron chi connectivity index (χ4n) is 2.77. The molecule has 3 nitrogen and oxygen atoms in total. The number of piperazine rings is 1. The van der Waals surface area contributed by atoms with Crippen LogP contribution in [0.1, 0.15) is 42.6 Å². The van der Waals surface area contributed by atoms with Gasteiger partial charge in [-0.1, -0.05) is 29.8 Å². The van der Waals surface area contributed by atoms with Crippen LogP contribution in [0.3, 0.4) is 0 Å². The predicted molar refractivity (Wildman–Crippen MR) is 86.1 cm³/mol. The molecular weight excluding hydrogens is 316 g/mol. The van der Waals surface area contributed by atoms with Gasteiger partial charge >= 0.3 is 0 Å². The summed E-state index contributed by atoms with van der Waals surface area (Å²) in [4.78, 5) is 14.9. The van der Waals surface area contributed by atoms with Crippen LogP contribution in [0.4, 0.5) is 0 Å². The Bertz CT molecular complexity index is 489. The monoisotopic (exact) mass is 338 g/mol. The Labute approximate surface area is 129 Å². The lowest BCUT2D eigenvalue weighted by molar-refractivity contribution is 0.0575. The molecule has 1 aliphatic rings. The number of carbonyl (C=O) groups excluding carboxylic acids is 1. The van der Waals surface area contributed by atoms with E-state index in [0.717, 1.165) is 41.5 Å². The largest absolute Gasteiger partial charge is 0.333 e. The van der Waals surface area contributed by atoms with Crippen molar-refractivity contribution in [2.75, 3.05) is 13.1 Å². The molecule has 4 heteroatoms. The van der Waals surface area contributed by atoms with Crippen molar-refractivity contribution in [3.8, 4) is 0 Å². The van der Waals surface area contributed by atoms with Gasteiger partial charge in [0.2, 0.25) is 0 Å². The molecule has 20 heavy (non-hydrogen) atoms. The number of hydrogen-bond donors (Lipinski definition) is 1. The minimum absolute atomic E-state index is 0.168. The summed E-state index contributed by atoms with van der Waals surface area (Å²) in [5.74, 6) is 0.168. The second kappa shape index (κ2) is 6.72. The van der Waals surface area contributed by atoms with E-state index in [4.69, 9.17) is 0 Å². The zero-order chi connectivity index (χ0) is 14.7. The topological polar surface area (TPSA) is 32.3 Å². The first-order valence-corrected chi connectivity index (χ1v) is 8.16. The summed E-state index contributed by atoms with van der Waals surface area (Å²) in [6.45, 7) is 8.02. The molecular formula is C16H23BrN2O. The van der Waals surface area contributed by atoms with Gasteiger partial charge in [0, 0.05) is 35.2 Å². The highest BCUT2D eigenvalue weighted by atomic mass is 79.9. The van der Waals surface area contributed by atoms with Crippen LogP contribution < -0.4 is 5.32 Å². The van der Waals surface area contributed by atoms with Crippen molar-refractivity contribution in [1.29, 1.82) is 0 Å². The molecule has 2 unspecified atom stereocenters. The molecule has 1 N–H and O–H groups in total. The summed E-state index contributed by atoms with van der Waals surface area (Å²) in [7, 11) is 0. The second-order valence-corrected chi connectivity index (χ2v) is 6.41. The minimum atomic E-state index is 0.168. The summed E-state index contributed by atoms with van der Waals surface area (Å²) in [5.41, 5.74) is 1.86. The molecule has 2 rings (SSSR count). The Hall–Kier alpha value is -0.870. The maximum absolute atomic E-state index is 12.8. The Balaban J connectivity index is 2.24. The lowest BCUT2D eigenvalue weighted by atomic mass is 10.0. The van der Waals surface area contributed by atoms with Gasteiger partial charge in [-0.05, 0) is 43.5 Å². The van der Waals surface area contributed by atoms with Crippen LogP contribution in [0.25, 0.3) is 0 Å². The van der Waals surface area contributed by atoms with E-state index in [9.17, 15) is 4.79 Å². The molecule has 1 saturated heterocycles. The molecule has 0 saturated carbocycles. The summed E-state index contributed by atoms with van der Waals surface area (Å²) in [6.07, 6.45) is 2.05. The van der Waals surface area contributed by atoms with Crippen molar-refractivity contribution < 1.29 is 4.79 Å². The molecule has 1 aliphatic heterocycles. The number of nitrogens with zero attached hydrogens (tertiary/aromatic N) is 1. The van der Waals surface area contributed by atoms with E-state index >= 15 is 0 Å². The number of nitrogens with one attached hydrogen (secondary N) is 1. The Kier molecular flexibility index (Phi) is 5.22. The molecule has 1 amide bonds. The molecule has 1 heterocycles. The number of amides is 1. The summed E-state index contributed by atoms with van der Waals surface area (Å²) >= 11 is 3.45. The van der Waals surface area contributed by atoms with Crippen LogP contribution >= 0.6 is 15.9 Å². The zero-order valence-electron chi connectivity index (χ0n) is 12.4. The highest BCUT2D eigenvalue weighted by molar-refractivity contribution is 9.10. The smallest absolute Gasteiger partial charge is 0.254 e. The molecule has 0 radical (unpaired) electrons. The minimum Gasteiger partial charge on any atom is -0.333 e. The van der Waals surface area contributed by atoms with Crippen LogP contribution in [-0.4, -0.2) is 36.0 Å². The summed E-state index contributed by atoms with van der Waals surface area (Å²) < 4.78 is 1.02. The van der Waals surface area contributed by atoms with Crippen molar-refractivity contribution in [3.63, 3.8) is 0 Å². The lowest BCUT2D eigenvalue weighted by Crippen LogP contribution is -2.58. The van der Waals surface area contributed by atoms with E-state index in [2.05, 4.69) is 40.0 Å². The van der Waals surface area contributed by atoms with Gasteiger partial charge < -0.3 is 10.2 Å². The molecule has 0 bridgehead atoms. The molecule has 2 atom stereocenters. The van der Waals surface area contributed by atoms with Crippen molar-refractivity contribution in [2.24, 2.45) is 0 Å². The number of carbonyl (C=O) groups is 1. The predicted octanol–water partition coefficient (Wildman–Crippen LogP) is 3.36. The van der Waals surface area contributed by atoms with Crippen molar-refractivity contribution in [1.82, 2.24) is 10.2 Å². The normalized spacial score (nSPS) is 22.9. The van der Waals surface area contributed by atoms with Gasteiger partial charge in [0.15, 0.2) is 0 Å². The van der Waals surface area contributed by atoms with Crippen LogP contribution in [0.15, 0.2) is 22.7 Å². The van der Waals surface area contributed by atoms with Crippen molar-refractivity contribution >= 4 is 21.8 Å². The van der Waals surface area contributed by atoms with Crippen LogP contribution in [-0.2, 0) is 0 Å². The summed E-state index contributed by atoms with van der Waals surface area (Å²) in [5, 5.41) is 3.53. The first-order valence-electron chi connectivity index (χ1n) is 7.37. The standard InChI is InChI=1S/C16H23BrN2O/c1-4-13-10-19(14(5-2)9-18-13)16(20)15-7-6-12(17)8-11(15)3/h6-8,13-14,18H,4-5,9-10H2,1-3H3. The highest BCUT2D eigenvalue weighted by Crippen LogP contribution is 2.21. The third kappa shape index (κ3) is 3.23. The van der Waals surface area contributed by atoms with E-state index in [1.54, 1.807) is 0 Å². The van der Waals surface area contributed by atoms with Gasteiger partial charge in [-0.25, -0.2) is 0 Å². The first-order chi connectivity index (χ1) is 9.56. The van der Waals surface area contributed by atoms with Gasteiger partial charge in [-0.3, -0.25) is 4.79 Å². The SMILES string of the molecule is CCC1CN(C(=O)c2ccc(Br)cc2C)C(CC)CN1. The number of halogens is 1. The third-order valence-corrected chi connectivity index (χ3v) is 4.64. The molecule has 1 aromatic carbocycles. The van der Waals surface area contributed by atoms with Gasteiger partial charge in [0.05, 0.1) is 0 Å². The molecule has 1 aromatic rings. The van der Waals surface area contributed by atoms with Gasteiger partial charge in [-0.2, -0.15) is 0 Å². The Morgan fingerprint density at radius 1 is 1.40 bits per heavy atom. The average Bonchev–Trinajstić information content (AvgIpc) is 2.46. The third-order valence-electron chi connectivity index (χ3n) is 4.14. The van der Waals surface area contributed by atoms with E-state index < -0.39 is 0 Å². The molecule has 110 valence electrons. The maximum Gasteiger partial charge on any atom is 0.254 e. The number of benzene rings is 1. The molecule has 0 spiro atoms. The van der Waals surface area contributed by atoms with Gasteiger partial charge in [0.1, 0.15) is 0 Å². The maximum atomic E-state index is 12.8. The van der Waals surface area contributed by atoms with Crippen molar-refractivity contribution in [2.45, 2.75) is 45.7 Å². The number of aryl methyl sites for hydroxylation is 1. The first kappa shape index (κ1) is 15.5.